The van der Waals surface area contributed by atoms with Gasteiger partial charge in [-0.25, -0.2) is 9.97 Å². The smallest absolute Gasteiger partial charge is 0.245 e. The molecule has 3 aromatic heterocycles. The van der Waals surface area contributed by atoms with Gasteiger partial charge in [-0.2, -0.15) is 0 Å². The largest absolute Gasteiger partial charge is 0.340 e. The molecule has 7 heteroatoms. The van der Waals surface area contributed by atoms with Crippen molar-refractivity contribution in [2.24, 2.45) is 7.05 Å². The molecule has 2 unspecified atom stereocenters. The number of nitrogens with zero attached hydrogens (tertiary/aromatic N) is 6. The number of hydrogen-bond donors (Lipinski definition) is 0. The Bertz CT molecular complexity index is 1330. The van der Waals surface area contributed by atoms with E-state index in [-0.39, 0.29) is 17.9 Å². The molecule has 32 heavy (non-hydrogen) atoms. The molecule has 1 aromatic carbocycles. The molecule has 5 rings (SSSR count). The third kappa shape index (κ3) is 3.11. The van der Waals surface area contributed by atoms with Crippen molar-refractivity contribution >= 4 is 16.7 Å². The zero-order valence-electron chi connectivity index (χ0n) is 19.2. The van der Waals surface area contributed by atoms with Gasteiger partial charge in [0.15, 0.2) is 0 Å². The van der Waals surface area contributed by atoms with E-state index < -0.39 is 0 Å². The Morgan fingerprint density at radius 2 is 2.00 bits per heavy atom. The molecule has 4 aromatic rings. The summed E-state index contributed by atoms with van der Waals surface area (Å²) in [5.41, 5.74) is 4.80. The Labute approximate surface area is 187 Å². The van der Waals surface area contributed by atoms with Gasteiger partial charge >= 0.3 is 0 Å². The van der Waals surface area contributed by atoms with Crippen LogP contribution in [0, 0.1) is 0 Å². The van der Waals surface area contributed by atoms with E-state index in [4.69, 9.17) is 9.97 Å². The predicted molar refractivity (Wildman–Crippen MR) is 125 cm³/mol. The van der Waals surface area contributed by atoms with Gasteiger partial charge in [0.05, 0.1) is 30.0 Å². The topological polar surface area (TPSA) is 68.8 Å². The molecule has 4 heterocycles. The van der Waals surface area contributed by atoms with Crippen LogP contribution in [-0.2, 0) is 18.4 Å². The van der Waals surface area contributed by atoms with Crippen LogP contribution in [0.1, 0.15) is 50.7 Å². The average molecular weight is 429 g/mol. The van der Waals surface area contributed by atoms with E-state index >= 15 is 0 Å². The Morgan fingerprint density at radius 3 is 2.72 bits per heavy atom. The standard InChI is InChI=1S/C25H28N6O/c1-6-15(2)24-28-23(22-13-30(5)25(32)16(3)31(22)24)18-9-7-8-17-10-20(26-11-19(17)18)21-12-29(4)14-27-21/h7-12,14-16H,6,13H2,1-5H3. The number of fused-ring (bicyclic) bond motifs is 2. The van der Waals surface area contributed by atoms with E-state index in [0.717, 1.165) is 51.4 Å². The van der Waals surface area contributed by atoms with Gasteiger partial charge in [-0.05, 0) is 24.8 Å². The number of likely N-dealkylation sites (N-methyl/N-ethyl adjacent to an activating group) is 1. The van der Waals surface area contributed by atoms with Crippen LogP contribution in [0.15, 0.2) is 43.0 Å². The quantitative estimate of drug-likeness (QED) is 0.478. The SMILES string of the molecule is CCC(C)c1nc(-c2cccc3cc(-c4cn(C)cn4)ncc23)c2n1C(C)C(=O)N(C)C2. The van der Waals surface area contributed by atoms with Crippen molar-refractivity contribution in [3.05, 3.63) is 54.5 Å². The van der Waals surface area contributed by atoms with Crippen LogP contribution in [0.4, 0.5) is 0 Å². The Balaban J connectivity index is 1.70. The number of carbonyl (C=O) groups excluding carboxylic acids is 1. The van der Waals surface area contributed by atoms with Crippen LogP contribution < -0.4 is 0 Å². The zero-order chi connectivity index (χ0) is 22.6. The summed E-state index contributed by atoms with van der Waals surface area (Å²) < 4.78 is 4.09. The molecule has 0 N–H and O–H groups in total. The molecule has 164 valence electrons. The number of aryl methyl sites for hydroxylation is 1. The van der Waals surface area contributed by atoms with Gasteiger partial charge in [-0.3, -0.25) is 9.78 Å². The van der Waals surface area contributed by atoms with Crippen molar-refractivity contribution in [3.63, 3.8) is 0 Å². The number of pyridine rings is 1. The summed E-state index contributed by atoms with van der Waals surface area (Å²) in [5, 5.41) is 2.15. The lowest BCUT2D eigenvalue weighted by atomic mass is 10.0. The molecular weight excluding hydrogens is 400 g/mol. The van der Waals surface area contributed by atoms with Crippen molar-refractivity contribution in [2.45, 2.75) is 45.7 Å². The van der Waals surface area contributed by atoms with Crippen molar-refractivity contribution in [1.82, 2.24) is 29.0 Å². The van der Waals surface area contributed by atoms with Crippen molar-refractivity contribution in [2.75, 3.05) is 7.05 Å². The van der Waals surface area contributed by atoms with Crippen LogP contribution >= 0.6 is 0 Å². The van der Waals surface area contributed by atoms with Crippen LogP contribution in [0.25, 0.3) is 33.4 Å². The van der Waals surface area contributed by atoms with E-state index in [1.54, 1.807) is 11.2 Å². The Hall–Kier alpha value is -3.48. The molecule has 0 aliphatic carbocycles. The fourth-order valence-electron chi connectivity index (χ4n) is 4.61. The maximum Gasteiger partial charge on any atom is 0.245 e. The van der Waals surface area contributed by atoms with E-state index in [9.17, 15) is 4.79 Å². The molecule has 0 fully saturated rings. The molecule has 0 radical (unpaired) electrons. The number of carbonyl (C=O) groups is 1. The van der Waals surface area contributed by atoms with Crippen molar-refractivity contribution in [3.8, 4) is 22.6 Å². The highest BCUT2D eigenvalue weighted by Gasteiger charge is 2.34. The van der Waals surface area contributed by atoms with Crippen LogP contribution in [0.3, 0.4) is 0 Å². The number of aromatic nitrogens is 5. The number of hydrogen-bond acceptors (Lipinski definition) is 4. The second kappa shape index (κ2) is 7.58. The van der Waals surface area contributed by atoms with E-state index in [1.165, 1.54) is 0 Å². The first-order valence-corrected chi connectivity index (χ1v) is 11.1. The van der Waals surface area contributed by atoms with Gasteiger partial charge in [-0.1, -0.05) is 32.0 Å². The number of imidazole rings is 2. The van der Waals surface area contributed by atoms with E-state index in [1.807, 2.05) is 38.0 Å². The Morgan fingerprint density at radius 1 is 1.19 bits per heavy atom. The maximum atomic E-state index is 12.7. The summed E-state index contributed by atoms with van der Waals surface area (Å²) in [6.45, 7) is 6.87. The average Bonchev–Trinajstić information content (AvgIpc) is 3.40. The van der Waals surface area contributed by atoms with Crippen LogP contribution in [0.5, 0.6) is 0 Å². The molecule has 2 atom stereocenters. The third-order valence-corrected chi connectivity index (χ3v) is 6.59. The minimum atomic E-state index is -0.252. The van der Waals surface area contributed by atoms with Gasteiger partial charge in [0.25, 0.3) is 0 Å². The summed E-state index contributed by atoms with van der Waals surface area (Å²) in [6.07, 6.45) is 6.64. The molecule has 7 nitrogen and oxygen atoms in total. The van der Waals surface area contributed by atoms with Crippen molar-refractivity contribution < 1.29 is 4.79 Å². The second-order valence-corrected chi connectivity index (χ2v) is 8.84. The van der Waals surface area contributed by atoms with E-state index in [0.29, 0.717) is 6.54 Å². The summed E-state index contributed by atoms with van der Waals surface area (Å²) in [4.78, 5) is 28.8. The monoisotopic (exact) mass is 428 g/mol. The third-order valence-electron chi connectivity index (χ3n) is 6.59. The second-order valence-electron chi connectivity index (χ2n) is 8.84. The summed E-state index contributed by atoms with van der Waals surface area (Å²) in [7, 11) is 3.82. The first-order chi connectivity index (χ1) is 15.4. The molecule has 0 spiro atoms. The first-order valence-electron chi connectivity index (χ1n) is 11.1. The van der Waals surface area contributed by atoms with Gasteiger partial charge < -0.3 is 14.0 Å². The van der Waals surface area contributed by atoms with Gasteiger partial charge in [0.2, 0.25) is 5.91 Å². The Kier molecular flexibility index (Phi) is 4.84. The molecule has 1 aliphatic rings. The predicted octanol–water partition coefficient (Wildman–Crippen LogP) is 4.55. The van der Waals surface area contributed by atoms with Gasteiger partial charge in [0.1, 0.15) is 17.6 Å². The molecule has 0 saturated heterocycles. The van der Waals surface area contributed by atoms with Crippen LogP contribution in [-0.4, -0.2) is 41.9 Å². The van der Waals surface area contributed by atoms with Gasteiger partial charge in [0, 0.05) is 43.4 Å². The first kappa shape index (κ1) is 20.4. The van der Waals surface area contributed by atoms with E-state index in [2.05, 4.69) is 47.7 Å². The summed E-state index contributed by atoms with van der Waals surface area (Å²) >= 11 is 0. The number of benzene rings is 1. The lowest BCUT2D eigenvalue weighted by molar-refractivity contribution is -0.135. The highest BCUT2D eigenvalue weighted by atomic mass is 16.2. The van der Waals surface area contributed by atoms with Crippen LogP contribution in [0.2, 0.25) is 0 Å². The molecule has 1 amide bonds. The van der Waals surface area contributed by atoms with Gasteiger partial charge in [-0.15, -0.1) is 0 Å². The number of rotatable bonds is 4. The lowest BCUT2D eigenvalue weighted by Gasteiger charge is -2.31. The molecular formula is C25H28N6O. The normalized spacial score (nSPS) is 17.1. The van der Waals surface area contributed by atoms with Crippen molar-refractivity contribution in [1.29, 1.82) is 0 Å². The fourth-order valence-corrected chi connectivity index (χ4v) is 4.61. The number of amides is 1. The summed E-state index contributed by atoms with van der Waals surface area (Å²) in [5.74, 6) is 1.39. The molecule has 1 aliphatic heterocycles. The lowest BCUT2D eigenvalue weighted by Crippen LogP contribution is -2.39. The fraction of sp³-hybridized carbons (Fsp3) is 0.360. The summed E-state index contributed by atoms with van der Waals surface area (Å²) in [6, 6.07) is 8.10. The molecule has 0 bridgehead atoms. The highest BCUT2D eigenvalue weighted by molar-refractivity contribution is 5.97. The maximum absolute atomic E-state index is 12.7. The minimum Gasteiger partial charge on any atom is -0.340 e. The molecule has 0 saturated carbocycles. The highest BCUT2D eigenvalue weighted by Crippen LogP contribution is 2.38. The minimum absolute atomic E-state index is 0.130. The zero-order valence-corrected chi connectivity index (χ0v) is 19.2.